The lowest BCUT2D eigenvalue weighted by molar-refractivity contribution is -0.118. The molecule has 0 aromatic carbocycles. The molecule has 0 bridgehead atoms. The summed E-state index contributed by atoms with van der Waals surface area (Å²) in [6.45, 7) is 2.19. The summed E-state index contributed by atoms with van der Waals surface area (Å²) in [6.07, 6.45) is 5.32. The van der Waals surface area contributed by atoms with E-state index in [0.717, 1.165) is 19.5 Å². The van der Waals surface area contributed by atoms with Crippen LogP contribution >= 0.6 is 0 Å². The fraction of sp³-hybridized carbons (Fsp3) is 0.889. The van der Waals surface area contributed by atoms with Gasteiger partial charge < -0.3 is 11.1 Å². The van der Waals surface area contributed by atoms with Gasteiger partial charge in [0.05, 0.1) is 0 Å². The highest BCUT2D eigenvalue weighted by molar-refractivity contribution is 5.73. The average Bonchev–Trinajstić information content (AvgIpc) is 2.28. The molecule has 1 saturated heterocycles. The second-order valence-electron chi connectivity index (χ2n) is 3.57. The summed E-state index contributed by atoms with van der Waals surface area (Å²) < 4.78 is 0. The first-order valence-electron chi connectivity index (χ1n) is 4.78. The van der Waals surface area contributed by atoms with Gasteiger partial charge in [-0.15, -0.1) is 0 Å². The van der Waals surface area contributed by atoms with Crippen molar-refractivity contribution in [2.75, 3.05) is 13.1 Å². The van der Waals surface area contributed by atoms with Crippen molar-refractivity contribution in [2.24, 2.45) is 11.7 Å². The Morgan fingerprint density at radius 2 is 2.33 bits per heavy atom. The maximum absolute atomic E-state index is 10.5. The Morgan fingerprint density at radius 1 is 1.50 bits per heavy atom. The molecule has 1 amide bonds. The second kappa shape index (κ2) is 5.14. The Labute approximate surface area is 73.7 Å². The van der Waals surface area contributed by atoms with Crippen LogP contribution in [0.1, 0.15) is 32.1 Å². The van der Waals surface area contributed by atoms with Crippen molar-refractivity contribution < 1.29 is 4.79 Å². The van der Waals surface area contributed by atoms with E-state index >= 15 is 0 Å². The molecule has 1 fully saturated rings. The fourth-order valence-electron chi connectivity index (χ4n) is 1.68. The predicted molar refractivity (Wildman–Crippen MR) is 48.6 cm³/mol. The number of nitrogens with one attached hydrogen (secondary N) is 1. The Balaban J connectivity index is 2.16. The third-order valence-corrected chi connectivity index (χ3v) is 2.45. The van der Waals surface area contributed by atoms with Gasteiger partial charge in [-0.25, -0.2) is 0 Å². The van der Waals surface area contributed by atoms with Gasteiger partial charge in [-0.1, -0.05) is 6.42 Å². The number of hydrogen-bond donors (Lipinski definition) is 2. The normalized spacial score (nSPS) is 24.8. The number of amides is 1. The maximum atomic E-state index is 10.5. The van der Waals surface area contributed by atoms with Crippen LogP contribution in [0.5, 0.6) is 0 Å². The molecule has 3 N–H and O–H groups in total. The lowest BCUT2D eigenvalue weighted by atomic mass is 9.98. The molecule has 12 heavy (non-hydrogen) atoms. The molecule has 1 aliphatic heterocycles. The summed E-state index contributed by atoms with van der Waals surface area (Å²) in [7, 11) is 0. The number of carbonyl (C=O) groups excluding carboxylic acids is 1. The van der Waals surface area contributed by atoms with Gasteiger partial charge in [0.1, 0.15) is 0 Å². The van der Waals surface area contributed by atoms with Gasteiger partial charge in [0.15, 0.2) is 0 Å². The molecule has 3 heteroatoms. The van der Waals surface area contributed by atoms with Gasteiger partial charge in [0, 0.05) is 6.42 Å². The van der Waals surface area contributed by atoms with Gasteiger partial charge >= 0.3 is 0 Å². The summed E-state index contributed by atoms with van der Waals surface area (Å²) in [5.41, 5.74) is 5.09. The fourth-order valence-corrected chi connectivity index (χ4v) is 1.68. The third-order valence-electron chi connectivity index (χ3n) is 2.45. The van der Waals surface area contributed by atoms with E-state index in [1.165, 1.54) is 19.3 Å². The molecule has 0 aromatic heterocycles. The van der Waals surface area contributed by atoms with Gasteiger partial charge in [-0.3, -0.25) is 4.79 Å². The van der Waals surface area contributed by atoms with E-state index in [2.05, 4.69) is 5.32 Å². The molecule has 0 radical (unpaired) electrons. The van der Waals surface area contributed by atoms with Gasteiger partial charge in [0.25, 0.3) is 0 Å². The van der Waals surface area contributed by atoms with Crippen molar-refractivity contribution in [2.45, 2.75) is 32.1 Å². The van der Waals surface area contributed by atoms with Crippen LogP contribution in [0.2, 0.25) is 0 Å². The molecule has 1 unspecified atom stereocenters. The van der Waals surface area contributed by atoms with E-state index in [4.69, 9.17) is 5.73 Å². The average molecular weight is 170 g/mol. The van der Waals surface area contributed by atoms with Crippen molar-refractivity contribution in [3.8, 4) is 0 Å². The molecule has 1 rings (SSSR count). The third kappa shape index (κ3) is 3.72. The smallest absolute Gasteiger partial charge is 0.217 e. The summed E-state index contributed by atoms with van der Waals surface area (Å²) >= 11 is 0. The molecule has 0 aliphatic carbocycles. The molecule has 70 valence electrons. The highest BCUT2D eigenvalue weighted by Crippen LogP contribution is 2.15. The van der Waals surface area contributed by atoms with E-state index in [1.54, 1.807) is 0 Å². The van der Waals surface area contributed by atoms with E-state index in [-0.39, 0.29) is 5.91 Å². The molecular formula is C9H18N2O. The van der Waals surface area contributed by atoms with E-state index in [9.17, 15) is 4.79 Å². The van der Waals surface area contributed by atoms with Crippen molar-refractivity contribution in [1.82, 2.24) is 5.32 Å². The van der Waals surface area contributed by atoms with Crippen LogP contribution in [-0.4, -0.2) is 19.0 Å². The van der Waals surface area contributed by atoms with Crippen LogP contribution in [0.15, 0.2) is 0 Å². The Morgan fingerprint density at radius 3 is 3.08 bits per heavy atom. The standard InChI is InChI=1S/C9H18N2O/c10-9(12)5-4-8-3-1-2-6-11-7-8/h8,11H,1-7H2,(H2,10,12). The molecule has 3 nitrogen and oxygen atoms in total. The summed E-state index contributed by atoms with van der Waals surface area (Å²) in [5.74, 6) is 0.499. The maximum Gasteiger partial charge on any atom is 0.217 e. The second-order valence-corrected chi connectivity index (χ2v) is 3.57. The van der Waals surface area contributed by atoms with E-state index < -0.39 is 0 Å². The molecule has 0 aromatic rings. The minimum absolute atomic E-state index is 0.167. The zero-order chi connectivity index (χ0) is 8.81. The number of primary amides is 1. The highest BCUT2D eigenvalue weighted by Gasteiger charge is 2.11. The number of hydrogen-bond acceptors (Lipinski definition) is 2. The summed E-state index contributed by atoms with van der Waals surface area (Å²) in [4.78, 5) is 10.5. The quantitative estimate of drug-likeness (QED) is 0.653. The lowest BCUT2D eigenvalue weighted by Crippen LogP contribution is -2.22. The van der Waals surface area contributed by atoms with E-state index in [1.807, 2.05) is 0 Å². The summed E-state index contributed by atoms with van der Waals surface area (Å²) in [6, 6.07) is 0. The molecule has 0 spiro atoms. The minimum atomic E-state index is -0.167. The van der Waals surface area contributed by atoms with Crippen LogP contribution in [0.3, 0.4) is 0 Å². The first-order valence-corrected chi connectivity index (χ1v) is 4.78. The largest absolute Gasteiger partial charge is 0.370 e. The van der Waals surface area contributed by atoms with E-state index in [0.29, 0.717) is 12.3 Å². The number of nitrogens with two attached hydrogens (primary N) is 1. The Bertz CT molecular complexity index is 139. The number of carbonyl (C=O) groups is 1. The Kier molecular flexibility index (Phi) is 4.08. The predicted octanol–water partition coefficient (Wildman–Crippen LogP) is 0.642. The first-order chi connectivity index (χ1) is 5.79. The summed E-state index contributed by atoms with van der Waals surface area (Å²) in [5, 5.41) is 3.37. The van der Waals surface area contributed by atoms with Crippen molar-refractivity contribution >= 4 is 5.91 Å². The van der Waals surface area contributed by atoms with Crippen LogP contribution in [0, 0.1) is 5.92 Å². The van der Waals surface area contributed by atoms with Gasteiger partial charge in [-0.05, 0) is 38.3 Å². The topological polar surface area (TPSA) is 55.1 Å². The Hall–Kier alpha value is -0.570. The molecule has 1 heterocycles. The van der Waals surface area contributed by atoms with Crippen LogP contribution in [0.4, 0.5) is 0 Å². The zero-order valence-corrected chi connectivity index (χ0v) is 7.51. The van der Waals surface area contributed by atoms with Crippen LogP contribution < -0.4 is 11.1 Å². The molecule has 0 saturated carbocycles. The zero-order valence-electron chi connectivity index (χ0n) is 7.51. The molecule has 1 atom stereocenters. The lowest BCUT2D eigenvalue weighted by Gasteiger charge is -2.11. The number of rotatable bonds is 3. The van der Waals surface area contributed by atoms with Crippen molar-refractivity contribution in [3.05, 3.63) is 0 Å². The van der Waals surface area contributed by atoms with Crippen molar-refractivity contribution in [1.29, 1.82) is 0 Å². The monoisotopic (exact) mass is 170 g/mol. The molecule has 1 aliphatic rings. The first kappa shape index (κ1) is 9.52. The minimum Gasteiger partial charge on any atom is -0.370 e. The highest BCUT2D eigenvalue weighted by atomic mass is 16.1. The van der Waals surface area contributed by atoms with Crippen LogP contribution in [0.25, 0.3) is 0 Å². The SMILES string of the molecule is NC(=O)CCC1CCCCNC1. The van der Waals surface area contributed by atoms with Crippen LogP contribution in [-0.2, 0) is 4.79 Å². The molecular weight excluding hydrogens is 152 g/mol. The van der Waals surface area contributed by atoms with Gasteiger partial charge in [-0.2, -0.15) is 0 Å². The van der Waals surface area contributed by atoms with Crippen molar-refractivity contribution in [3.63, 3.8) is 0 Å². The van der Waals surface area contributed by atoms with Gasteiger partial charge in [0.2, 0.25) is 5.91 Å².